The molecule has 2 aromatic rings. The Hall–Kier alpha value is -1.63. The highest BCUT2D eigenvalue weighted by atomic mass is 32.1. The van der Waals surface area contributed by atoms with Crippen molar-refractivity contribution in [3.05, 3.63) is 46.0 Å². The van der Waals surface area contributed by atoms with Gasteiger partial charge in [-0.1, -0.05) is 13.0 Å². The average Bonchev–Trinajstić information content (AvgIpc) is 3.25. The molecule has 1 fully saturated rings. The van der Waals surface area contributed by atoms with Crippen LogP contribution >= 0.6 is 11.3 Å². The van der Waals surface area contributed by atoms with E-state index in [9.17, 15) is 4.79 Å². The van der Waals surface area contributed by atoms with Gasteiger partial charge in [0.05, 0.1) is 32.3 Å². The second kappa shape index (κ2) is 7.77. The smallest absolute Gasteiger partial charge is 0.234 e. The van der Waals surface area contributed by atoms with Crippen molar-refractivity contribution < 1.29 is 13.9 Å². The van der Waals surface area contributed by atoms with Crippen LogP contribution in [0.1, 0.15) is 29.4 Å². The maximum Gasteiger partial charge on any atom is 0.234 e. The minimum atomic E-state index is 0.0107. The molecule has 0 aromatic carbocycles. The number of morpholine rings is 1. The van der Waals surface area contributed by atoms with Crippen LogP contribution in [-0.4, -0.2) is 37.1 Å². The van der Waals surface area contributed by atoms with Gasteiger partial charge < -0.3 is 14.5 Å². The third-order valence-electron chi connectivity index (χ3n) is 3.99. The Kier molecular flexibility index (Phi) is 5.48. The van der Waals surface area contributed by atoms with E-state index in [1.54, 1.807) is 11.3 Å². The van der Waals surface area contributed by atoms with Crippen LogP contribution in [0.15, 0.2) is 34.1 Å². The minimum Gasteiger partial charge on any atom is -0.464 e. The van der Waals surface area contributed by atoms with E-state index in [1.165, 1.54) is 0 Å². The highest BCUT2D eigenvalue weighted by molar-refractivity contribution is 7.09. The van der Waals surface area contributed by atoms with Crippen LogP contribution in [0.5, 0.6) is 0 Å². The molecule has 3 rings (SSSR count). The van der Waals surface area contributed by atoms with E-state index in [2.05, 4.69) is 17.1 Å². The lowest BCUT2D eigenvalue weighted by Gasteiger charge is -2.33. The topological polar surface area (TPSA) is 54.7 Å². The van der Waals surface area contributed by atoms with E-state index < -0.39 is 0 Å². The van der Waals surface area contributed by atoms with Gasteiger partial charge in [-0.25, -0.2) is 0 Å². The van der Waals surface area contributed by atoms with Gasteiger partial charge in [-0.05, 0) is 23.6 Å². The van der Waals surface area contributed by atoms with Gasteiger partial charge in [-0.3, -0.25) is 9.69 Å². The van der Waals surface area contributed by atoms with Gasteiger partial charge in [0.1, 0.15) is 11.5 Å². The van der Waals surface area contributed by atoms with Gasteiger partial charge in [0.15, 0.2) is 0 Å². The van der Waals surface area contributed by atoms with Gasteiger partial charge in [0, 0.05) is 17.8 Å². The normalized spacial score (nSPS) is 18.9. The average molecular weight is 334 g/mol. The monoisotopic (exact) mass is 334 g/mol. The zero-order valence-electron chi connectivity index (χ0n) is 13.3. The number of carbonyl (C=O) groups excluding carboxylic acids is 1. The summed E-state index contributed by atoms with van der Waals surface area (Å²) in [5.74, 6) is 1.88. The lowest BCUT2D eigenvalue weighted by atomic mass is 10.1. The predicted octanol–water partition coefficient (Wildman–Crippen LogP) is 2.59. The van der Waals surface area contributed by atoms with Crippen molar-refractivity contribution in [3.63, 3.8) is 0 Å². The molecule has 124 valence electrons. The number of nitrogens with zero attached hydrogens (tertiary/aromatic N) is 1. The van der Waals surface area contributed by atoms with Gasteiger partial charge in [0.2, 0.25) is 5.91 Å². The Balaban J connectivity index is 1.58. The Morgan fingerprint density at radius 3 is 3.09 bits per heavy atom. The number of furan rings is 1. The maximum atomic E-state index is 12.2. The van der Waals surface area contributed by atoms with Crippen LogP contribution in [0, 0.1) is 0 Å². The van der Waals surface area contributed by atoms with Crippen LogP contribution in [-0.2, 0) is 22.5 Å². The van der Waals surface area contributed by atoms with Crippen LogP contribution in [0.4, 0.5) is 0 Å². The number of nitrogens with one attached hydrogen (secondary N) is 1. The summed E-state index contributed by atoms with van der Waals surface area (Å²) in [4.78, 5) is 15.5. The molecular weight excluding hydrogens is 312 g/mol. The van der Waals surface area contributed by atoms with Crippen LogP contribution in [0.3, 0.4) is 0 Å². The first-order valence-electron chi connectivity index (χ1n) is 7.95. The van der Waals surface area contributed by atoms with Crippen molar-refractivity contribution in [2.24, 2.45) is 0 Å². The number of thiophene rings is 1. The molecule has 3 heterocycles. The SMILES string of the molecule is CCc1ccc([C@@H]2COCCN2CC(=O)NCc2cccs2)o1. The standard InChI is InChI=1S/C17H22N2O3S/c1-2-13-5-6-16(22-13)15-12-21-8-7-19(15)11-17(20)18-10-14-4-3-9-23-14/h3-6,9,15H,2,7-8,10-12H2,1H3,(H,18,20)/t15-/m0/s1. The molecule has 1 atom stereocenters. The molecule has 1 N–H and O–H groups in total. The third-order valence-corrected chi connectivity index (χ3v) is 4.86. The van der Waals surface area contributed by atoms with E-state index >= 15 is 0 Å². The Labute approximate surface area is 140 Å². The molecule has 23 heavy (non-hydrogen) atoms. The number of ether oxygens (including phenoxy) is 1. The summed E-state index contributed by atoms with van der Waals surface area (Å²) in [7, 11) is 0. The quantitative estimate of drug-likeness (QED) is 0.882. The van der Waals surface area contributed by atoms with Crippen LogP contribution in [0.2, 0.25) is 0 Å². The molecule has 2 aromatic heterocycles. The van der Waals surface area contributed by atoms with Crippen molar-refractivity contribution in [2.75, 3.05) is 26.3 Å². The molecule has 0 spiro atoms. The highest BCUT2D eigenvalue weighted by Crippen LogP contribution is 2.25. The molecule has 6 heteroatoms. The Morgan fingerprint density at radius 1 is 1.43 bits per heavy atom. The van der Waals surface area contributed by atoms with Crippen molar-refractivity contribution in [3.8, 4) is 0 Å². The van der Waals surface area contributed by atoms with E-state index in [0.717, 1.165) is 29.4 Å². The van der Waals surface area contributed by atoms with E-state index in [4.69, 9.17) is 9.15 Å². The summed E-state index contributed by atoms with van der Waals surface area (Å²) in [5, 5.41) is 4.99. The number of rotatable bonds is 6. The lowest BCUT2D eigenvalue weighted by molar-refractivity contribution is -0.125. The number of amides is 1. The molecule has 1 aliphatic rings. The molecule has 0 bridgehead atoms. The molecule has 0 radical (unpaired) electrons. The summed E-state index contributed by atoms with van der Waals surface area (Å²) in [6.45, 7) is 4.97. The minimum absolute atomic E-state index is 0.0107. The van der Waals surface area contributed by atoms with Gasteiger partial charge in [0.25, 0.3) is 0 Å². The molecule has 1 saturated heterocycles. The summed E-state index contributed by atoms with van der Waals surface area (Å²) >= 11 is 1.65. The largest absolute Gasteiger partial charge is 0.464 e. The molecular formula is C17H22N2O3S. The summed E-state index contributed by atoms with van der Waals surface area (Å²) in [6.07, 6.45) is 0.870. The first-order chi connectivity index (χ1) is 11.3. The van der Waals surface area contributed by atoms with E-state index in [1.807, 2.05) is 29.6 Å². The Bertz CT molecular complexity index is 624. The molecule has 0 aliphatic carbocycles. The fourth-order valence-corrected chi connectivity index (χ4v) is 3.34. The molecule has 0 unspecified atom stereocenters. The van der Waals surface area contributed by atoms with E-state index in [-0.39, 0.29) is 11.9 Å². The molecule has 0 saturated carbocycles. The second-order valence-corrected chi connectivity index (χ2v) is 6.61. The number of hydrogen-bond donors (Lipinski definition) is 1. The highest BCUT2D eigenvalue weighted by Gasteiger charge is 2.28. The maximum absolute atomic E-state index is 12.2. The number of aryl methyl sites for hydroxylation is 1. The van der Waals surface area contributed by atoms with Gasteiger partial charge in [-0.15, -0.1) is 11.3 Å². The Morgan fingerprint density at radius 2 is 2.35 bits per heavy atom. The fourth-order valence-electron chi connectivity index (χ4n) is 2.69. The first-order valence-corrected chi connectivity index (χ1v) is 8.83. The summed E-state index contributed by atoms with van der Waals surface area (Å²) in [5.41, 5.74) is 0. The third kappa shape index (κ3) is 4.22. The number of hydrogen-bond acceptors (Lipinski definition) is 5. The van der Waals surface area contributed by atoms with Crippen molar-refractivity contribution in [1.82, 2.24) is 10.2 Å². The molecule has 1 aliphatic heterocycles. The molecule has 1 amide bonds. The zero-order valence-corrected chi connectivity index (χ0v) is 14.1. The van der Waals surface area contributed by atoms with Crippen molar-refractivity contribution >= 4 is 17.2 Å². The fraction of sp³-hybridized carbons (Fsp3) is 0.471. The van der Waals surface area contributed by atoms with Crippen LogP contribution in [0.25, 0.3) is 0 Å². The van der Waals surface area contributed by atoms with Crippen molar-refractivity contribution in [2.45, 2.75) is 25.9 Å². The first kappa shape index (κ1) is 16.2. The van der Waals surface area contributed by atoms with Crippen molar-refractivity contribution in [1.29, 1.82) is 0 Å². The summed E-state index contributed by atoms with van der Waals surface area (Å²) in [6, 6.07) is 8.02. The molecule has 5 nitrogen and oxygen atoms in total. The van der Waals surface area contributed by atoms with E-state index in [0.29, 0.717) is 26.3 Å². The second-order valence-electron chi connectivity index (χ2n) is 5.57. The zero-order chi connectivity index (χ0) is 16.1. The summed E-state index contributed by atoms with van der Waals surface area (Å²) < 4.78 is 11.4. The van der Waals surface area contributed by atoms with Gasteiger partial charge in [-0.2, -0.15) is 0 Å². The number of carbonyl (C=O) groups is 1. The van der Waals surface area contributed by atoms with Gasteiger partial charge >= 0.3 is 0 Å². The lowest BCUT2D eigenvalue weighted by Crippen LogP contribution is -2.44. The van der Waals surface area contributed by atoms with Crippen LogP contribution < -0.4 is 5.32 Å². The predicted molar refractivity (Wildman–Crippen MR) is 89.4 cm³/mol.